The number of aliphatic carboxylic acids is 1. The fraction of sp³-hybridized carbons (Fsp3) is 0.385. The maximum Gasteiger partial charge on any atom is 0.316 e. The highest BCUT2D eigenvalue weighted by Gasteiger charge is 2.51. The van der Waals surface area contributed by atoms with E-state index in [1.807, 2.05) is 0 Å². The number of phenolic OH excluding ortho intramolecular Hbond substituents is 1. The van der Waals surface area contributed by atoms with Gasteiger partial charge < -0.3 is 15.1 Å². The molecule has 3 atom stereocenters. The van der Waals surface area contributed by atoms with Crippen molar-refractivity contribution in [2.24, 2.45) is 5.92 Å². The van der Waals surface area contributed by atoms with Crippen molar-refractivity contribution >= 4 is 17.4 Å². The molecule has 1 heterocycles. The molecule has 1 aromatic carbocycles. The molecule has 1 aliphatic carbocycles. The van der Waals surface area contributed by atoms with Gasteiger partial charge in [0.2, 0.25) is 5.82 Å². The summed E-state index contributed by atoms with van der Waals surface area (Å²) >= 11 is 0. The van der Waals surface area contributed by atoms with Crippen LogP contribution in [0.25, 0.3) is 0 Å². The van der Waals surface area contributed by atoms with E-state index >= 15 is 0 Å². The van der Waals surface area contributed by atoms with Crippen LogP contribution in [0, 0.1) is 23.4 Å². The number of ketones is 1. The number of nitrogens with zero attached hydrogens (tertiary/aromatic N) is 1. The number of hydrogen-bond donors (Lipinski definition) is 2. The van der Waals surface area contributed by atoms with E-state index in [9.17, 15) is 32.3 Å². The Balaban J connectivity index is 2.26. The number of fused-ring (bicyclic) bond motifs is 1. The molecule has 0 spiro atoms. The molecule has 0 aromatic heterocycles. The van der Waals surface area contributed by atoms with Gasteiger partial charge in [-0.05, 0) is 0 Å². The number of hydrogen-bond acceptors (Lipinski definition) is 4. The van der Waals surface area contributed by atoms with E-state index in [1.165, 1.54) is 0 Å². The topological polar surface area (TPSA) is 77.8 Å². The van der Waals surface area contributed by atoms with E-state index in [4.69, 9.17) is 5.11 Å². The summed E-state index contributed by atoms with van der Waals surface area (Å²) in [5.41, 5.74) is -1.75. The Morgan fingerprint density at radius 2 is 1.77 bits per heavy atom. The van der Waals surface area contributed by atoms with Crippen LogP contribution in [-0.2, 0) is 4.79 Å². The van der Waals surface area contributed by atoms with Crippen molar-refractivity contribution in [2.45, 2.75) is 18.6 Å². The Hall–Kier alpha value is -2.32. The molecule has 2 N–H and O–H groups in total. The van der Waals surface area contributed by atoms with E-state index in [1.54, 1.807) is 0 Å². The van der Waals surface area contributed by atoms with E-state index in [0.29, 0.717) is 0 Å². The number of carbonyl (C=O) groups excluding carboxylic acids is 1. The lowest BCUT2D eigenvalue weighted by atomic mass is 9.89. The number of carboxylic acids is 1. The van der Waals surface area contributed by atoms with Gasteiger partial charge in [0.1, 0.15) is 12.1 Å². The summed E-state index contributed by atoms with van der Waals surface area (Å²) in [5.74, 6) is -11.8. The minimum absolute atomic E-state index is 0.0564. The van der Waals surface area contributed by atoms with Gasteiger partial charge in [0.05, 0.1) is 17.3 Å². The minimum Gasteiger partial charge on any atom is -0.504 e. The third kappa shape index (κ3) is 1.84. The number of carboxylic acid groups (broad SMARTS) is 1. The number of phenols is 1. The molecule has 0 bridgehead atoms. The normalized spacial score (nSPS) is 26.8. The number of aromatic hydroxyl groups is 1. The van der Waals surface area contributed by atoms with Crippen LogP contribution in [0.1, 0.15) is 16.8 Å². The number of anilines is 1. The van der Waals surface area contributed by atoms with Gasteiger partial charge in [0.25, 0.3) is 0 Å². The van der Waals surface area contributed by atoms with Crippen LogP contribution in [0.5, 0.6) is 5.75 Å². The predicted octanol–water partition coefficient (Wildman–Crippen LogP) is 1.62. The summed E-state index contributed by atoms with van der Waals surface area (Å²) in [4.78, 5) is 24.0. The zero-order valence-electron chi connectivity index (χ0n) is 10.8. The highest BCUT2D eigenvalue weighted by Crippen LogP contribution is 2.46. The molecule has 0 radical (unpaired) electrons. The molecule has 1 fully saturated rings. The highest BCUT2D eigenvalue weighted by molar-refractivity contribution is 6.15. The van der Waals surface area contributed by atoms with Crippen molar-refractivity contribution in [1.29, 1.82) is 0 Å². The molecule has 118 valence electrons. The lowest BCUT2D eigenvalue weighted by molar-refractivity contribution is -0.139. The van der Waals surface area contributed by atoms with Gasteiger partial charge in [-0.15, -0.1) is 0 Å². The maximum absolute atomic E-state index is 14.0. The van der Waals surface area contributed by atoms with Gasteiger partial charge in [-0.1, -0.05) is 0 Å². The van der Waals surface area contributed by atoms with Crippen LogP contribution < -0.4 is 4.90 Å². The van der Waals surface area contributed by atoms with Crippen molar-refractivity contribution in [3.8, 4) is 5.75 Å². The monoisotopic (exact) mass is 319 g/mol. The lowest BCUT2D eigenvalue weighted by Gasteiger charge is -2.34. The summed E-state index contributed by atoms with van der Waals surface area (Å²) in [6.07, 6.45) is -1.45. The van der Waals surface area contributed by atoms with Gasteiger partial charge in [-0.25, -0.2) is 13.2 Å². The quantitative estimate of drug-likeness (QED) is 0.492. The number of halogens is 4. The maximum atomic E-state index is 14.0. The first-order valence-electron chi connectivity index (χ1n) is 6.32. The molecular weight excluding hydrogens is 310 g/mol. The number of benzene rings is 1. The summed E-state index contributed by atoms with van der Waals surface area (Å²) in [6.45, 7) is -0.576. The summed E-state index contributed by atoms with van der Waals surface area (Å²) < 4.78 is 54.2. The van der Waals surface area contributed by atoms with Crippen molar-refractivity contribution in [3.05, 3.63) is 23.0 Å². The summed E-state index contributed by atoms with van der Waals surface area (Å²) in [7, 11) is 0. The molecule has 5 nitrogen and oxygen atoms in total. The molecule has 1 unspecified atom stereocenters. The lowest BCUT2D eigenvalue weighted by Crippen LogP contribution is -2.45. The molecule has 0 saturated heterocycles. The van der Waals surface area contributed by atoms with Crippen molar-refractivity contribution in [2.75, 3.05) is 11.4 Å². The van der Waals surface area contributed by atoms with Crippen LogP contribution >= 0.6 is 0 Å². The third-order valence-corrected chi connectivity index (χ3v) is 3.88. The average Bonchev–Trinajstić information content (AvgIpc) is 3.18. The van der Waals surface area contributed by atoms with E-state index in [0.717, 1.165) is 4.90 Å². The minimum atomic E-state index is -2.00. The van der Waals surface area contributed by atoms with Crippen molar-refractivity contribution in [3.63, 3.8) is 0 Å². The zero-order valence-corrected chi connectivity index (χ0v) is 10.8. The standard InChI is InChI=1S/C13H9F4NO4/c14-4-1-5(4)18-2-3(13(21)22)11(19)6-10(18)8(16)7(15)9(17)12(6)20/h3-5,20H,1-2H2,(H,21,22)/t3?,4-,5+/m0/s1. The number of carbonyl (C=O) groups is 2. The number of rotatable bonds is 2. The second-order valence-electron chi connectivity index (χ2n) is 5.24. The van der Waals surface area contributed by atoms with Gasteiger partial charge in [-0.3, -0.25) is 9.59 Å². The molecule has 0 amide bonds. The van der Waals surface area contributed by atoms with E-state index in [2.05, 4.69) is 0 Å². The molecule has 1 aromatic rings. The third-order valence-electron chi connectivity index (χ3n) is 3.88. The highest BCUT2D eigenvalue weighted by atomic mass is 19.2. The van der Waals surface area contributed by atoms with E-state index in [-0.39, 0.29) is 6.42 Å². The SMILES string of the molecule is O=C(O)C1CN([C@@H]2C[C@@H]2F)c2c(F)c(F)c(F)c(O)c2C1=O. The van der Waals surface area contributed by atoms with Gasteiger partial charge >= 0.3 is 5.97 Å². The number of alkyl halides is 1. The Kier molecular flexibility index (Phi) is 3.05. The van der Waals surface area contributed by atoms with Crippen LogP contribution in [0.3, 0.4) is 0 Å². The first kappa shape index (κ1) is 14.6. The molecular formula is C13H9F4NO4. The Bertz CT molecular complexity index is 708. The molecule has 2 aliphatic rings. The predicted molar refractivity (Wildman–Crippen MR) is 64.1 cm³/mol. The molecule has 9 heteroatoms. The number of Topliss-reactive ketones (excluding diaryl/α,β-unsaturated/α-hetero) is 1. The van der Waals surface area contributed by atoms with Gasteiger partial charge in [-0.2, -0.15) is 4.39 Å². The van der Waals surface area contributed by atoms with Crippen molar-refractivity contribution in [1.82, 2.24) is 0 Å². The van der Waals surface area contributed by atoms with Gasteiger partial charge in [0, 0.05) is 13.0 Å². The zero-order chi connectivity index (χ0) is 16.3. The molecule has 1 saturated carbocycles. The molecule has 22 heavy (non-hydrogen) atoms. The Morgan fingerprint density at radius 1 is 1.18 bits per heavy atom. The van der Waals surface area contributed by atoms with Crippen molar-refractivity contribution < 1.29 is 37.4 Å². The first-order valence-corrected chi connectivity index (χ1v) is 6.32. The summed E-state index contributed by atoms with van der Waals surface area (Å²) in [5, 5.41) is 18.6. The second kappa shape index (κ2) is 4.59. The van der Waals surface area contributed by atoms with Gasteiger partial charge in [0.15, 0.2) is 23.2 Å². The second-order valence-corrected chi connectivity index (χ2v) is 5.24. The summed E-state index contributed by atoms with van der Waals surface area (Å²) in [6, 6.07) is -0.938. The van der Waals surface area contributed by atoms with Crippen LogP contribution in [0.15, 0.2) is 0 Å². The molecule has 3 rings (SSSR count). The fourth-order valence-corrected chi connectivity index (χ4v) is 2.65. The Labute approximate surface area is 120 Å². The van der Waals surface area contributed by atoms with Crippen LogP contribution in [-0.4, -0.2) is 40.7 Å². The van der Waals surface area contributed by atoms with Crippen LogP contribution in [0.4, 0.5) is 23.2 Å². The first-order chi connectivity index (χ1) is 10.3. The smallest absolute Gasteiger partial charge is 0.316 e. The molecule has 1 aliphatic heterocycles. The fourth-order valence-electron chi connectivity index (χ4n) is 2.65. The Morgan fingerprint density at radius 3 is 2.27 bits per heavy atom. The van der Waals surface area contributed by atoms with Crippen LogP contribution in [0.2, 0.25) is 0 Å². The largest absolute Gasteiger partial charge is 0.504 e. The average molecular weight is 319 g/mol. The van der Waals surface area contributed by atoms with E-state index < -0.39 is 70.9 Å².